The molecular formula is C19H26INO3. The maximum Gasteiger partial charge on any atom is 0.409 e. The molecule has 0 aliphatic heterocycles. The van der Waals surface area contributed by atoms with E-state index >= 15 is 0 Å². The molecule has 1 N–H and O–H groups in total. The SMILES string of the molecule is CCCC(OC)N(C(=O)O)[C@H]1CC2CC[C@@]1(c1ccccc1I)C2. The molecule has 0 saturated heterocycles. The van der Waals surface area contributed by atoms with E-state index in [-0.39, 0.29) is 17.7 Å². The van der Waals surface area contributed by atoms with Crippen molar-refractivity contribution in [3.05, 3.63) is 33.4 Å². The van der Waals surface area contributed by atoms with Crippen LogP contribution in [0.3, 0.4) is 0 Å². The number of halogens is 1. The Morgan fingerprint density at radius 3 is 2.83 bits per heavy atom. The number of hydrogen-bond donors (Lipinski definition) is 1. The molecule has 2 bridgehead atoms. The molecule has 0 aromatic heterocycles. The van der Waals surface area contributed by atoms with E-state index in [0.29, 0.717) is 5.92 Å². The predicted octanol–water partition coefficient (Wildman–Crippen LogP) is 4.85. The Morgan fingerprint density at radius 2 is 2.25 bits per heavy atom. The van der Waals surface area contributed by atoms with Gasteiger partial charge in [-0.05, 0) is 72.2 Å². The highest BCUT2D eigenvalue weighted by molar-refractivity contribution is 14.1. The molecule has 4 nitrogen and oxygen atoms in total. The molecule has 2 aliphatic rings. The van der Waals surface area contributed by atoms with Gasteiger partial charge in [0.2, 0.25) is 0 Å². The Morgan fingerprint density at radius 1 is 1.50 bits per heavy atom. The zero-order valence-electron chi connectivity index (χ0n) is 14.4. The van der Waals surface area contributed by atoms with Gasteiger partial charge in [-0.15, -0.1) is 0 Å². The smallest absolute Gasteiger partial charge is 0.409 e. The van der Waals surface area contributed by atoms with Crippen molar-refractivity contribution < 1.29 is 14.6 Å². The second-order valence-electron chi connectivity index (χ2n) is 7.17. The van der Waals surface area contributed by atoms with E-state index in [1.54, 1.807) is 12.0 Å². The average Bonchev–Trinajstić information content (AvgIpc) is 3.13. The third-order valence-electron chi connectivity index (χ3n) is 5.93. The number of carboxylic acid groups (broad SMARTS) is 1. The largest absolute Gasteiger partial charge is 0.465 e. The molecule has 1 amide bonds. The van der Waals surface area contributed by atoms with Crippen molar-refractivity contribution in [2.45, 2.75) is 63.1 Å². The van der Waals surface area contributed by atoms with Gasteiger partial charge >= 0.3 is 6.09 Å². The van der Waals surface area contributed by atoms with Crippen molar-refractivity contribution in [2.24, 2.45) is 5.92 Å². The van der Waals surface area contributed by atoms with Crippen LogP contribution in [-0.4, -0.2) is 35.5 Å². The van der Waals surface area contributed by atoms with Gasteiger partial charge in [0, 0.05) is 22.1 Å². The normalized spacial score (nSPS) is 29.6. The minimum Gasteiger partial charge on any atom is -0.465 e. The van der Waals surface area contributed by atoms with Gasteiger partial charge in [0.25, 0.3) is 0 Å². The average molecular weight is 443 g/mol. The second kappa shape index (κ2) is 7.20. The van der Waals surface area contributed by atoms with Crippen LogP contribution in [-0.2, 0) is 10.2 Å². The first-order valence-electron chi connectivity index (χ1n) is 8.82. The van der Waals surface area contributed by atoms with Crippen LogP contribution >= 0.6 is 22.6 Å². The lowest BCUT2D eigenvalue weighted by molar-refractivity contribution is -0.0602. The van der Waals surface area contributed by atoms with Gasteiger partial charge in [-0.1, -0.05) is 31.5 Å². The summed E-state index contributed by atoms with van der Waals surface area (Å²) in [5, 5.41) is 9.96. The molecule has 1 aromatic carbocycles. The number of nitrogens with zero attached hydrogens (tertiary/aromatic N) is 1. The highest BCUT2D eigenvalue weighted by atomic mass is 127. The van der Waals surface area contributed by atoms with Crippen LogP contribution in [0.4, 0.5) is 4.79 Å². The third-order valence-corrected chi connectivity index (χ3v) is 6.87. The molecule has 1 aromatic rings. The monoisotopic (exact) mass is 443 g/mol. The van der Waals surface area contributed by atoms with E-state index in [2.05, 4.69) is 53.8 Å². The molecule has 0 radical (unpaired) electrons. The van der Waals surface area contributed by atoms with Crippen molar-refractivity contribution in [3.8, 4) is 0 Å². The maximum absolute atomic E-state index is 12.1. The van der Waals surface area contributed by atoms with Crippen LogP contribution in [0.15, 0.2) is 24.3 Å². The Balaban J connectivity index is 2.02. The fourth-order valence-corrected chi connectivity index (χ4v) is 5.89. The second-order valence-corrected chi connectivity index (χ2v) is 8.33. The Hall–Kier alpha value is -0.820. The van der Waals surface area contributed by atoms with E-state index in [1.165, 1.54) is 15.6 Å². The standard InChI is InChI=1S/C19H26INO3/c1-3-6-17(24-2)21(18(22)23)16-11-13-9-10-19(16,12-13)14-7-4-5-8-15(14)20/h4-5,7-8,13,16-17H,3,6,9-12H2,1-2H3,(H,22,23)/t13?,16-,17?,19-/m0/s1. The van der Waals surface area contributed by atoms with Crippen LogP contribution in [0.1, 0.15) is 51.0 Å². The fourth-order valence-electron chi connectivity index (χ4n) is 4.97. The molecule has 24 heavy (non-hydrogen) atoms. The molecule has 2 aliphatic carbocycles. The summed E-state index contributed by atoms with van der Waals surface area (Å²) in [6.07, 6.45) is 4.80. The van der Waals surface area contributed by atoms with E-state index in [4.69, 9.17) is 4.74 Å². The van der Waals surface area contributed by atoms with E-state index in [0.717, 1.165) is 32.1 Å². The zero-order valence-corrected chi connectivity index (χ0v) is 16.5. The molecule has 132 valence electrons. The quantitative estimate of drug-likeness (QED) is 0.505. The first kappa shape index (κ1) is 18.0. The maximum atomic E-state index is 12.1. The minimum atomic E-state index is -0.849. The van der Waals surface area contributed by atoms with E-state index < -0.39 is 6.09 Å². The Kier molecular flexibility index (Phi) is 5.39. The molecule has 0 heterocycles. The number of hydrogen-bond acceptors (Lipinski definition) is 2. The summed E-state index contributed by atoms with van der Waals surface area (Å²) < 4.78 is 6.84. The van der Waals surface area contributed by atoms with Crippen LogP contribution in [0.25, 0.3) is 0 Å². The van der Waals surface area contributed by atoms with Crippen molar-refractivity contribution >= 4 is 28.7 Å². The molecule has 2 unspecified atom stereocenters. The summed E-state index contributed by atoms with van der Waals surface area (Å²) in [6.45, 7) is 2.07. The predicted molar refractivity (Wildman–Crippen MR) is 102 cm³/mol. The van der Waals surface area contributed by atoms with Crippen LogP contribution in [0.5, 0.6) is 0 Å². The topological polar surface area (TPSA) is 49.8 Å². The van der Waals surface area contributed by atoms with Gasteiger partial charge in [-0.25, -0.2) is 4.79 Å². The molecule has 4 atom stereocenters. The molecular weight excluding hydrogens is 417 g/mol. The van der Waals surface area contributed by atoms with Crippen molar-refractivity contribution in [3.63, 3.8) is 0 Å². The van der Waals surface area contributed by atoms with E-state index in [9.17, 15) is 9.90 Å². The number of ether oxygens (including phenoxy) is 1. The molecule has 2 fully saturated rings. The summed E-state index contributed by atoms with van der Waals surface area (Å²) >= 11 is 2.40. The van der Waals surface area contributed by atoms with Crippen LogP contribution in [0.2, 0.25) is 0 Å². The van der Waals surface area contributed by atoms with E-state index in [1.807, 2.05) is 0 Å². The van der Waals surface area contributed by atoms with Crippen molar-refractivity contribution in [1.82, 2.24) is 4.90 Å². The first-order valence-corrected chi connectivity index (χ1v) is 9.90. The van der Waals surface area contributed by atoms with Crippen LogP contribution in [0, 0.1) is 9.49 Å². The van der Waals surface area contributed by atoms with Crippen molar-refractivity contribution in [2.75, 3.05) is 7.11 Å². The summed E-state index contributed by atoms with van der Waals surface area (Å²) in [6, 6.07) is 8.49. The van der Waals surface area contributed by atoms with Crippen molar-refractivity contribution in [1.29, 1.82) is 0 Å². The molecule has 2 saturated carbocycles. The van der Waals surface area contributed by atoms with Crippen LogP contribution < -0.4 is 0 Å². The fraction of sp³-hybridized carbons (Fsp3) is 0.632. The summed E-state index contributed by atoms with van der Waals surface area (Å²) in [5.41, 5.74) is 1.28. The molecule has 0 spiro atoms. The number of amides is 1. The van der Waals surface area contributed by atoms with Gasteiger partial charge in [0.15, 0.2) is 0 Å². The summed E-state index contributed by atoms with van der Waals surface area (Å²) in [5.74, 6) is 0.631. The lowest BCUT2D eigenvalue weighted by atomic mass is 9.73. The number of carbonyl (C=O) groups is 1. The lowest BCUT2D eigenvalue weighted by Gasteiger charge is -2.44. The summed E-state index contributed by atoms with van der Waals surface area (Å²) in [4.78, 5) is 13.8. The summed E-state index contributed by atoms with van der Waals surface area (Å²) in [7, 11) is 1.63. The zero-order chi connectivity index (χ0) is 17.3. The molecule has 3 rings (SSSR count). The van der Waals surface area contributed by atoms with Gasteiger partial charge in [0.1, 0.15) is 6.23 Å². The molecule has 5 heteroatoms. The lowest BCUT2D eigenvalue weighted by Crippen LogP contribution is -2.55. The Labute approximate surface area is 157 Å². The van der Waals surface area contributed by atoms with Gasteiger partial charge in [-0.3, -0.25) is 4.90 Å². The highest BCUT2D eigenvalue weighted by Crippen LogP contribution is 2.58. The minimum absolute atomic E-state index is 0.0150. The van der Waals surface area contributed by atoms with Gasteiger partial charge < -0.3 is 9.84 Å². The third kappa shape index (κ3) is 2.94. The highest BCUT2D eigenvalue weighted by Gasteiger charge is 2.57. The number of fused-ring (bicyclic) bond motifs is 2. The first-order chi connectivity index (χ1) is 11.5. The van der Waals surface area contributed by atoms with Gasteiger partial charge in [-0.2, -0.15) is 0 Å². The Bertz CT molecular complexity index is 608. The number of benzene rings is 1. The number of methoxy groups -OCH3 is 1. The van der Waals surface area contributed by atoms with Gasteiger partial charge in [0.05, 0.1) is 0 Å². The number of rotatable bonds is 6.